The Kier molecular flexibility index (Phi) is 4.75. The first kappa shape index (κ1) is 19.7. The minimum absolute atomic E-state index is 0.0128. The maximum absolute atomic E-state index is 13.4. The number of hydrogen-bond donors (Lipinski definition) is 0. The number of hydrogen-bond acceptors (Lipinski definition) is 6. The lowest BCUT2D eigenvalue weighted by Crippen LogP contribution is -2.36. The zero-order valence-electron chi connectivity index (χ0n) is 16.2. The van der Waals surface area contributed by atoms with Gasteiger partial charge in [0, 0.05) is 30.3 Å². The van der Waals surface area contributed by atoms with Gasteiger partial charge in [-0.15, -0.1) is 0 Å². The molecule has 0 N–H and O–H groups in total. The molecule has 0 spiro atoms. The molecule has 9 heteroatoms. The number of nitrogens with zero attached hydrogens (tertiary/aromatic N) is 2. The van der Waals surface area contributed by atoms with Gasteiger partial charge in [-0.1, -0.05) is 11.6 Å². The lowest BCUT2D eigenvalue weighted by molar-refractivity contribution is -0.384. The standard InChI is InChI=1S/C22H17ClN2O6/c23-13-5-8-17-16(10-13)20(26)18-19(12-3-6-14(7-4-12)25(28)29)24(22(27)21(18)31-17)11-15-2-1-9-30-15/h3-8,10,15,19H,1-2,9,11H2/t15-,19-/m0/s1. The fourth-order valence-electron chi connectivity index (χ4n) is 4.31. The molecule has 2 aromatic carbocycles. The van der Waals surface area contributed by atoms with E-state index in [1.54, 1.807) is 29.2 Å². The van der Waals surface area contributed by atoms with E-state index in [0.717, 1.165) is 12.8 Å². The fraction of sp³-hybridized carbons (Fsp3) is 0.273. The molecule has 2 aliphatic heterocycles. The molecule has 0 saturated carbocycles. The molecule has 5 rings (SSSR count). The highest BCUT2D eigenvalue weighted by molar-refractivity contribution is 6.31. The smallest absolute Gasteiger partial charge is 0.291 e. The minimum Gasteiger partial charge on any atom is -0.450 e. The molecular formula is C22H17ClN2O6. The molecule has 2 atom stereocenters. The molecule has 0 radical (unpaired) electrons. The number of amides is 1. The van der Waals surface area contributed by atoms with Gasteiger partial charge in [-0.2, -0.15) is 0 Å². The monoisotopic (exact) mass is 440 g/mol. The van der Waals surface area contributed by atoms with Crippen molar-refractivity contribution in [3.05, 3.63) is 84.7 Å². The Labute approximate surface area is 181 Å². The van der Waals surface area contributed by atoms with Crippen LogP contribution in [-0.4, -0.2) is 35.0 Å². The Balaban J connectivity index is 1.69. The molecule has 1 saturated heterocycles. The predicted octanol–water partition coefficient (Wildman–Crippen LogP) is 4.08. The van der Waals surface area contributed by atoms with E-state index in [2.05, 4.69) is 0 Å². The van der Waals surface area contributed by atoms with E-state index >= 15 is 0 Å². The third-order valence-corrected chi connectivity index (χ3v) is 6.01. The van der Waals surface area contributed by atoms with E-state index in [9.17, 15) is 19.7 Å². The van der Waals surface area contributed by atoms with Crippen LogP contribution in [-0.2, 0) is 4.74 Å². The van der Waals surface area contributed by atoms with Gasteiger partial charge in [0.25, 0.3) is 11.6 Å². The van der Waals surface area contributed by atoms with Crippen molar-refractivity contribution in [3.8, 4) is 0 Å². The SMILES string of the molecule is O=C1c2oc3ccc(Cl)cc3c(=O)c2[C@H](c2ccc([N+](=O)[O-])cc2)N1C[C@@H]1CCCO1. The zero-order chi connectivity index (χ0) is 21.7. The van der Waals surface area contributed by atoms with E-state index in [0.29, 0.717) is 23.7 Å². The molecule has 0 bridgehead atoms. The Morgan fingerprint density at radius 3 is 2.61 bits per heavy atom. The number of ether oxygens (including phenoxy) is 1. The van der Waals surface area contributed by atoms with Crippen LogP contribution in [0.1, 0.15) is 40.6 Å². The van der Waals surface area contributed by atoms with Crippen LogP contribution in [0.5, 0.6) is 0 Å². The number of benzene rings is 2. The molecule has 1 aromatic heterocycles. The zero-order valence-corrected chi connectivity index (χ0v) is 17.0. The second kappa shape index (κ2) is 7.47. The summed E-state index contributed by atoms with van der Waals surface area (Å²) in [6.07, 6.45) is 1.57. The van der Waals surface area contributed by atoms with E-state index in [4.69, 9.17) is 20.8 Å². The van der Waals surface area contributed by atoms with Gasteiger partial charge in [0.2, 0.25) is 5.76 Å². The van der Waals surface area contributed by atoms with Crippen molar-refractivity contribution >= 4 is 34.2 Å². The number of fused-ring (bicyclic) bond motifs is 2. The van der Waals surface area contributed by atoms with Crippen molar-refractivity contribution in [2.75, 3.05) is 13.2 Å². The molecule has 158 valence electrons. The van der Waals surface area contributed by atoms with Gasteiger partial charge in [-0.25, -0.2) is 0 Å². The van der Waals surface area contributed by atoms with Crippen molar-refractivity contribution in [1.29, 1.82) is 0 Å². The predicted molar refractivity (Wildman–Crippen MR) is 112 cm³/mol. The van der Waals surface area contributed by atoms with Crippen LogP contribution in [0.15, 0.2) is 51.7 Å². The first-order valence-corrected chi connectivity index (χ1v) is 10.2. The van der Waals surface area contributed by atoms with Crippen molar-refractivity contribution in [3.63, 3.8) is 0 Å². The topological polar surface area (TPSA) is 103 Å². The van der Waals surface area contributed by atoms with Gasteiger partial charge in [0.15, 0.2) is 5.43 Å². The maximum atomic E-state index is 13.4. The van der Waals surface area contributed by atoms with Crippen molar-refractivity contribution in [1.82, 2.24) is 4.90 Å². The summed E-state index contributed by atoms with van der Waals surface area (Å²) in [6, 6.07) is 9.80. The van der Waals surface area contributed by atoms with Gasteiger partial charge >= 0.3 is 0 Å². The second-order valence-corrected chi connectivity index (χ2v) is 8.09. The lowest BCUT2D eigenvalue weighted by Gasteiger charge is -2.27. The van der Waals surface area contributed by atoms with Crippen molar-refractivity contribution in [2.24, 2.45) is 0 Å². The quantitative estimate of drug-likeness (QED) is 0.447. The van der Waals surface area contributed by atoms with Crippen molar-refractivity contribution in [2.45, 2.75) is 25.0 Å². The maximum Gasteiger partial charge on any atom is 0.291 e. The molecular weight excluding hydrogens is 424 g/mol. The molecule has 3 heterocycles. The molecule has 8 nitrogen and oxygen atoms in total. The summed E-state index contributed by atoms with van der Waals surface area (Å²) in [7, 11) is 0. The number of nitro benzene ring substituents is 1. The lowest BCUT2D eigenvalue weighted by atomic mass is 9.98. The van der Waals surface area contributed by atoms with Crippen molar-refractivity contribution < 1.29 is 18.9 Å². The molecule has 31 heavy (non-hydrogen) atoms. The molecule has 1 fully saturated rings. The van der Waals surface area contributed by atoms with Gasteiger partial charge in [0.1, 0.15) is 5.58 Å². The number of halogens is 1. The van der Waals surface area contributed by atoms with E-state index in [1.165, 1.54) is 18.2 Å². The molecule has 0 aliphatic carbocycles. The number of nitro groups is 1. The number of non-ortho nitro benzene ring substituents is 1. The van der Waals surface area contributed by atoms with Gasteiger partial charge in [-0.05, 0) is 48.7 Å². The number of carbonyl (C=O) groups is 1. The Morgan fingerprint density at radius 1 is 1.16 bits per heavy atom. The van der Waals surface area contributed by atoms with E-state index in [1.807, 2.05) is 0 Å². The van der Waals surface area contributed by atoms with Crippen LogP contribution in [0.3, 0.4) is 0 Å². The average Bonchev–Trinajstić information content (AvgIpc) is 3.36. The Bertz CT molecular complexity index is 1260. The Morgan fingerprint density at radius 2 is 1.94 bits per heavy atom. The van der Waals surface area contributed by atoms with Gasteiger partial charge < -0.3 is 14.1 Å². The largest absolute Gasteiger partial charge is 0.450 e. The first-order valence-electron chi connectivity index (χ1n) is 9.87. The molecule has 3 aromatic rings. The highest BCUT2D eigenvalue weighted by Gasteiger charge is 2.44. The van der Waals surface area contributed by atoms with Crippen LogP contribution in [0.25, 0.3) is 11.0 Å². The average molecular weight is 441 g/mol. The summed E-state index contributed by atoms with van der Waals surface area (Å²) >= 11 is 6.07. The molecule has 2 aliphatic rings. The summed E-state index contributed by atoms with van der Waals surface area (Å²) in [5, 5.41) is 11.7. The summed E-state index contributed by atoms with van der Waals surface area (Å²) < 4.78 is 11.6. The van der Waals surface area contributed by atoms with Gasteiger partial charge in [0.05, 0.1) is 28.0 Å². The summed E-state index contributed by atoms with van der Waals surface area (Å²) in [5.41, 5.74) is 0.667. The number of rotatable bonds is 4. The minimum atomic E-state index is -0.730. The molecule has 1 amide bonds. The summed E-state index contributed by atoms with van der Waals surface area (Å²) in [4.78, 5) is 38.9. The van der Waals surface area contributed by atoms with Gasteiger partial charge in [-0.3, -0.25) is 19.7 Å². The highest BCUT2D eigenvalue weighted by Crippen LogP contribution is 2.39. The third-order valence-electron chi connectivity index (χ3n) is 5.77. The highest BCUT2D eigenvalue weighted by atomic mass is 35.5. The second-order valence-electron chi connectivity index (χ2n) is 7.66. The normalized spacial score (nSPS) is 20.4. The third kappa shape index (κ3) is 3.28. The number of carbonyl (C=O) groups excluding carboxylic acids is 1. The van der Waals surface area contributed by atoms with Crippen LogP contribution in [0.2, 0.25) is 5.02 Å². The Hall–Kier alpha value is -3.23. The summed E-state index contributed by atoms with van der Waals surface area (Å²) in [6.45, 7) is 0.919. The van der Waals surface area contributed by atoms with E-state index < -0.39 is 16.9 Å². The summed E-state index contributed by atoms with van der Waals surface area (Å²) in [5.74, 6) is -0.413. The van der Waals surface area contributed by atoms with Crippen LogP contribution in [0, 0.1) is 10.1 Å². The van der Waals surface area contributed by atoms with Crippen LogP contribution in [0.4, 0.5) is 5.69 Å². The van der Waals surface area contributed by atoms with E-state index in [-0.39, 0.29) is 39.5 Å². The fourth-order valence-corrected chi connectivity index (χ4v) is 4.49. The first-order chi connectivity index (χ1) is 14.9. The van der Waals surface area contributed by atoms with Crippen LogP contribution >= 0.6 is 11.6 Å². The molecule has 0 unspecified atom stereocenters. The van der Waals surface area contributed by atoms with Crippen LogP contribution < -0.4 is 5.43 Å².